The molecule has 122 valence electrons. The predicted octanol–water partition coefficient (Wildman–Crippen LogP) is 2.18. The van der Waals surface area contributed by atoms with E-state index in [0.29, 0.717) is 25.0 Å². The molecular formula is C17H25ClN2O2. The van der Waals surface area contributed by atoms with E-state index < -0.39 is 0 Å². The first-order valence-electron chi connectivity index (χ1n) is 7.95. The molecule has 2 heterocycles. The number of amides is 1. The van der Waals surface area contributed by atoms with E-state index in [1.54, 1.807) is 0 Å². The van der Waals surface area contributed by atoms with Crippen LogP contribution in [0.15, 0.2) is 30.3 Å². The summed E-state index contributed by atoms with van der Waals surface area (Å²) in [4.78, 5) is 14.6. The van der Waals surface area contributed by atoms with E-state index in [4.69, 9.17) is 10.5 Å². The summed E-state index contributed by atoms with van der Waals surface area (Å²) >= 11 is 0. The standard InChI is InChI=1S/C17H24N2O2.ClH/c18-10-14-11-19(17(20)16-8-4-5-9-21-16)12-15(14)13-6-2-1-3-7-13;/h1-3,6-7,14-16H,4-5,8-12,18H2;1H/t14-,15+,16?;/m1./s1. The zero-order valence-electron chi connectivity index (χ0n) is 12.8. The Morgan fingerprint density at radius 3 is 2.64 bits per heavy atom. The Balaban J connectivity index is 0.00000176. The number of nitrogens with zero attached hydrogens (tertiary/aromatic N) is 1. The Bertz CT molecular complexity index is 477. The molecule has 0 radical (unpaired) electrons. The molecule has 1 aromatic carbocycles. The van der Waals surface area contributed by atoms with Crippen molar-refractivity contribution >= 4 is 18.3 Å². The van der Waals surface area contributed by atoms with Gasteiger partial charge < -0.3 is 15.4 Å². The van der Waals surface area contributed by atoms with Crippen molar-refractivity contribution in [2.75, 3.05) is 26.2 Å². The molecule has 2 aliphatic rings. The van der Waals surface area contributed by atoms with E-state index in [2.05, 4.69) is 24.3 Å². The van der Waals surface area contributed by atoms with Crippen LogP contribution in [0.3, 0.4) is 0 Å². The van der Waals surface area contributed by atoms with Crippen molar-refractivity contribution in [3.63, 3.8) is 0 Å². The van der Waals surface area contributed by atoms with Gasteiger partial charge in [0, 0.05) is 25.6 Å². The molecule has 1 unspecified atom stereocenters. The van der Waals surface area contributed by atoms with Crippen molar-refractivity contribution in [1.82, 2.24) is 4.90 Å². The summed E-state index contributed by atoms with van der Waals surface area (Å²) in [6, 6.07) is 10.4. The van der Waals surface area contributed by atoms with Crippen LogP contribution in [0.4, 0.5) is 0 Å². The maximum Gasteiger partial charge on any atom is 0.251 e. The smallest absolute Gasteiger partial charge is 0.251 e. The molecule has 0 aliphatic carbocycles. The molecule has 22 heavy (non-hydrogen) atoms. The molecule has 2 N–H and O–H groups in total. The van der Waals surface area contributed by atoms with E-state index >= 15 is 0 Å². The highest BCUT2D eigenvalue weighted by atomic mass is 35.5. The number of hydrogen-bond acceptors (Lipinski definition) is 3. The lowest BCUT2D eigenvalue weighted by Crippen LogP contribution is -2.41. The summed E-state index contributed by atoms with van der Waals surface area (Å²) in [5, 5.41) is 0. The Kier molecular flexibility index (Phi) is 6.24. The molecule has 0 bridgehead atoms. The monoisotopic (exact) mass is 324 g/mol. The maximum absolute atomic E-state index is 12.6. The molecule has 4 nitrogen and oxygen atoms in total. The molecule has 2 saturated heterocycles. The second-order valence-corrected chi connectivity index (χ2v) is 6.11. The average Bonchev–Trinajstić information content (AvgIpc) is 3.00. The molecule has 0 spiro atoms. The number of ether oxygens (including phenoxy) is 1. The van der Waals surface area contributed by atoms with Crippen LogP contribution in [0, 0.1) is 5.92 Å². The van der Waals surface area contributed by atoms with Crippen LogP contribution in [-0.4, -0.2) is 43.2 Å². The first-order chi connectivity index (χ1) is 10.3. The van der Waals surface area contributed by atoms with Crippen LogP contribution >= 0.6 is 12.4 Å². The highest BCUT2D eigenvalue weighted by Gasteiger charge is 2.38. The minimum Gasteiger partial charge on any atom is -0.368 e. The first kappa shape index (κ1) is 17.3. The fraction of sp³-hybridized carbons (Fsp3) is 0.588. The molecule has 5 heteroatoms. The molecular weight excluding hydrogens is 300 g/mol. The van der Waals surface area contributed by atoms with Gasteiger partial charge in [-0.25, -0.2) is 0 Å². The van der Waals surface area contributed by atoms with Gasteiger partial charge >= 0.3 is 0 Å². The third-order valence-corrected chi connectivity index (χ3v) is 4.74. The van der Waals surface area contributed by atoms with Crippen LogP contribution in [0.25, 0.3) is 0 Å². The molecule has 1 amide bonds. The number of nitrogens with two attached hydrogens (primary N) is 1. The van der Waals surface area contributed by atoms with E-state index in [0.717, 1.165) is 32.4 Å². The SMILES string of the molecule is Cl.NC[C@@H]1CN(C(=O)C2CCCCO2)C[C@H]1c1ccccc1. The lowest BCUT2D eigenvalue weighted by atomic mass is 9.89. The Morgan fingerprint density at radius 2 is 2.00 bits per heavy atom. The number of carbonyl (C=O) groups excluding carboxylic acids is 1. The Labute approximate surface area is 138 Å². The zero-order chi connectivity index (χ0) is 14.7. The molecule has 0 aromatic heterocycles. The highest BCUT2D eigenvalue weighted by Crippen LogP contribution is 2.33. The minimum atomic E-state index is -0.230. The summed E-state index contributed by atoms with van der Waals surface area (Å²) in [7, 11) is 0. The van der Waals surface area contributed by atoms with Crippen LogP contribution < -0.4 is 5.73 Å². The quantitative estimate of drug-likeness (QED) is 0.927. The number of halogens is 1. The molecule has 2 fully saturated rings. The third kappa shape index (κ3) is 3.62. The number of rotatable bonds is 3. The van der Waals surface area contributed by atoms with Crippen LogP contribution in [0.2, 0.25) is 0 Å². The van der Waals surface area contributed by atoms with Crippen LogP contribution in [0.1, 0.15) is 30.7 Å². The Morgan fingerprint density at radius 1 is 1.23 bits per heavy atom. The number of likely N-dealkylation sites (tertiary alicyclic amines) is 1. The predicted molar refractivity (Wildman–Crippen MR) is 89.1 cm³/mol. The molecule has 0 saturated carbocycles. The lowest BCUT2D eigenvalue weighted by molar-refractivity contribution is -0.145. The maximum atomic E-state index is 12.6. The third-order valence-electron chi connectivity index (χ3n) is 4.74. The van der Waals surface area contributed by atoms with Crippen molar-refractivity contribution < 1.29 is 9.53 Å². The van der Waals surface area contributed by atoms with Gasteiger partial charge in [-0.1, -0.05) is 30.3 Å². The van der Waals surface area contributed by atoms with Crippen molar-refractivity contribution in [2.45, 2.75) is 31.3 Å². The summed E-state index contributed by atoms with van der Waals surface area (Å²) in [5.41, 5.74) is 7.22. The van der Waals surface area contributed by atoms with Gasteiger partial charge in [0.25, 0.3) is 5.91 Å². The number of carbonyl (C=O) groups is 1. The normalized spacial score (nSPS) is 28.2. The molecule has 3 rings (SSSR count). The molecule has 2 aliphatic heterocycles. The van der Waals surface area contributed by atoms with Gasteiger partial charge in [-0.3, -0.25) is 4.79 Å². The second-order valence-electron chi connectivity index (χ2n) is 6.11. The molecule has 3 atom stereocenters. The lowest BCUT2D eigenvalue weighted by Gasteiger charge is -2.26. The van der Waals surface area contributed by atoms with Gasteiger partial charge in [0.1, 0.15) is 6.10 Å². The zero-order valence-corrected chi connectivity index (χ0v) is 13.6. The molecule has 1 aromatic rings. The Hall–Kier alpha value is -1.10. The van der Waals surface area contributed by atoms with Crippen LogP contribution in [-0.2, 0) is 9.53 Å². The van der Waals surface area contributed by atoms with E-state index in [-0.39, 0.29) is 24.4 Å². The van der Waals surface area contributed by atoms with Gasteiger partial charge in [-0.2, -0.15) is 0 Å². The van der Waals surface area contributed by atoms with Crippen molar-refractivity contribution in [3.8, 4) is 0 Å². The van der Waals surface area contributed by atoms with E-state index in [9.17, 15) is 4.79 Å². The van der Waals surface area contributed by atoms with Gasteiger partial charge in [0.2, 0.25) is 0 Å². The van der Waals surface area contributed by atoms with Gasteiger partial charge in [0.15, 0.2) is 0 Å². The van der Waals surface area contributed by atoms with E-state index in [1.807, 2.05) is 11.0 Å². The van der Waals surface area contributed by atoms with Crippen molar-refractivity contribution in [3.05, 3.63) is 35.9 Å². The summed E-state index contributed by atoms with van der Waals surface area (Å²) < 4.78 is 5.64. The minimum absolute atomic E-state index is 0. The van der Waals surface area contributed by atoms with Gasteiger partial charge in [0.05, 0.1) is 0 Å². The largest absolute Gasteiger partial charge is 0.368 e. The average molecular weight is 325 g/mol. The summed E-state index contributed by atoms with van der Waals surface area (Å²) in [5.74, 6) is 0.857. The van der Waals surface area contributed by atoms with Crippen LogP contribution in [0.5, 0.6) is 0 Å². The summed E-state index contributed by atoms with van der Waals surface area (Å²) in [6.45, 7) is 2.86. The van der Waals surface area contributed by atoms with Crippen molar-refractivity contribution in [1.29, 1.82) is 0 Å². The topological polar surface area (TPSA) is 55.6 Å². The fourth-order valence-electron chi connectivity index (χ4n) is 3.51. The summed E-state index contributed by atoms with van der Waals surface area (Å²) in [6.07, 6.45) is 2.79. The van der Waals surface area contributed by atoms with E-state index in [1.165, 1.54) is 5.56 Å². The highest BCUT2D eigenvalue weighted by molar-refractivity contribution is 5.85. The van der Waals surface area contributed by atoms with Crippen molar-refractivity contribution in [2.24, 2.45) is 11.7 Å². The van der Waals surface area contributed by atoms with Gasteiger partial charge in [-0.05, 0) is 37.3 Å². The number of benzene rings is 1. The second kappa shape index (κ2) is 7.95. The number of hydrogen-bond donors (Lipinski definition) is 1. The van der Waals surface area contributed by atoms with Gasteiger partial charge in [-0.15, -0.1) is 12.4 Å². The first-order valence-corrected chi connectivity index (χ1v) is 7.95. The fourth-order valence-corrected chi connectivity index (χ4v) is 3.51.